The molecule has 0 unspecified atom stereocenters. The molecule has 0 aliphatic rings. The molecular formula is C20H19FN8O4S. The van der Waals surface area contributed by atoms with Gasteiger partial charge in [-0.25, -0.2) is 22.8 Å². The Morgan fingerprint density at radius 2 is 1.62 bits per heavy atom. The van der Waals surface area contributed by atoms with Gasteiger partial charge in [0, 0.05) is 12.0 Å². The van der Waals surface area contributed by atoms with Gasteiger partial charge in [-0.3, -0.25) is 9.29 Å². The second-order valence-corrected chi connectivity index (χ2v) is 8.62. The van der Waals surface area contributed by atoms with Gasteiger partial charge in [-0.2, -0.15) is 9.97 Å². The van der Waals surface area contributed by atoms with Crippen molar-refractivity contribution in [2.75, 3.05) is 24.7 Å². The fourth-order valence-corrected chi connectivity index (χ4v) is 4.02. The first-order valence-corrected chi connectivity index (χ1v) is 11.5. The monoisotopic (exact) mass is 486 g/mol. The zero-order valence-corrected chi connectivity index (χ0v) is 18.9. The number of halogens is 1. The molecule has 0 amide bonds. The first-order valence-electron chi connectivity index (χ1n) is 9.83. The highest BCUT2D eigenvalue weighted by atomic mass is 32.2. The van der Waals surface area contributed by atoms with Crippen molar-refractivity contribution < 1.29 is 22.3 Å². The molecule has 1 N–H and O–H groups in total. The lowest BCUT2D eigenvalue weighted by Gasteiger charge is -2.16. The lowest BCUT2D eigenvalue weighted by Crippen LogP contribution is -2.21. The molecule has 0 aliphatic heterocycles. The molecule has 14 heteroatoms. The standard InChI is InChI=1S/C20H19FN8O4S/c1-32-18-16(19(33-2)25-12-24-18)29-17(13-6-4-3-5-7-13)26-27-20(29)28-34(30,31)9-8-15-22-10-14(21)11-23-15/h3-7,10-12H,8-9H2,1-2H3,(H,27,28). The first kappa shape index (κ1) is 23.0. The van der Waals surface area contributed by atoms with E-state index in [0.717, 1.165) is 12.4 Å². The highest BCUT2D eigenvalue weighted by Crippen LogP contribution is 2.34. The van der Waals surface area contributed by atoms with Gasteiger partial charge in [0.25, 0.3) is 0 Å². The lowest BCUT2D eigenvalue weighted by atomic mass is 10.2. The van der Waals surface area contributed by atoms with Crippen LogP contribution >= 0.6 is 0 Å². The average Bonchev–Trinajstić information content (AvgIpc) is 3.25. The van der Waals surface area contributed by atoms with Crippen LogP contribution in [0.5, 0.6) is 11.8 Å². The van der Waals surface area contributed by atoms with Crippen LogP contribution in [0.15, 0.2) is 49.1 Å². The second kappa shape index (κ2) is 9.74. The van der Waals surface area contributed by atoms with Crippen molar-refractivity contribution in [3.05, 3.63) is 60.7 Å². The molecule has 0 spiro atoms. The van der Waals surface area contributed by atoms with Gasteiger partial charge in [0.1, 0.15) is 12.2 Å². The number of nitrogens with one attached hydrogen (secondary N) is 1. The zero-order valence-electron chi connectivity index (χ0n) is 18.1. The molecule has 0 saturated carbocycles. The minimum atomic E-state index is -3.95. The maximum atomic E-state index is 13.0. The van der Waals surface area contributed by atoms with Crippen molar-refractivity contribution in [2.45, 2.75) is 6.42 Å². The average molecular weight is 486 g/mol. The smallest absolute Gasteiger partial charge is 0.245 e. The van der Waals surface area contributed by atoms with E-state index in [4.69, 9.17) is 9.47 Å². The maximum absolute atomic E-state index is 13.0. The lowest BCUT2D eigenvalue weighted by molar-refractivity contribution is 0.368. The summed E-state index contributed by atoms with van der Waals surface area (Å²) in [5.74, 6) is -0.423. The molecule has 0 radical (unpaired) electrons. The van der Waals surface area contributed by atoms with Crippen LogP contribution in [0.25, 0.3) is 17.1 Å². The number of hydrogen-bond acceptors (Lipinski definition) is 10. The number of hydrogen-bond donors (Lipinski definition) is 1. The topological polar surface area (TPSA) is 147 Å². The van der Waals surface area contributed by atoms with Gasteiger partial charge in [-0.15, -0.1) is 10.2 Å². The summed E-state index contributed by atoms with van der Waals surface area (Å²) < 4.78 is 53.3. The number of benzene rings is 1. The number of rotatable bonds is 9. The van der Waals surface area contributed by atoms with E-state index in [1.165, 1.54) is 25.1 Å². The van der Waals surface area contributed by atoms with Crippen LogP contribution in [-0.2, 0) is 16.4 Å². The van der Waals surface area contributed by atoms with E-state index in [2.05, 4.69) is 34.9 Å². The van der Waals surface area contributed by atoms with Crippen LogP contribution < -0.4 is 14.2 Å². The van der Waals surface area contributed by atoms with Gasteiger partial charge in [0.05, 0.1) is 32.4 Å². The van der Waals surface area contributed by atoms with Gasteiger partial charge in [-0.05, 0) is 0 Å². The highest BCUT2D eigenvalue weighted by Gasteiger charge is 2.26. The van der Waals surface area contributed by atoms with Crippen LogP contribution in [-0.4, -0.2) is 63.1 Å². The molecule has 0 bridgehead atoms. The summed E-state index contributed by atoms with van der Waals surface area (Å²) in [6.45, 7) is 0. The number of sulfonamides is 1. The third-order valence-corrected chi connectivity index (χ3v) is 5.81. The van der Waals surface area contributed by atoms with Crippen molar-refractivity contribution in [1.29, 1.82) is 0 Å². The fraction of sp³-hybridized carbons (Fsp3) is 0.200. The second-order valence-electron chi connectivity index (χ2n) is 6.78. The molecule has 34 heavy (non-hydrogen) atoms. The predicted molar refractivity (Wildman–Crippen MR) is 119 cm³/mol. The normalized spacial score (nSPS) is 11.3. The number of nitrogens with zero attached hydrogens (tertiary/aromatic N) is 7. The predicted octanol–water partition coefficient (Wildman–Crippen LogP) is 1.65. The summed E-state index contributed by atoms with van der Waals surface area (Å²) in [6, 6.07) is 9.01. The van der Waals surface area contributed by atoms with E-state index in [9.17, 15) is 12.8 Å². The summed E-state index contributed by atoms with van der Waals surface area (Å²) in [5, 5.41) is 8.23. The number of aryl methyl sites for hydroxylation is 1. The molecule has 0 aliphatic carbocycles. The van der Waals surface area contributed by atoms with Crippen LogP contribution in [0.4, 0.5) is 10.3 Å². The molecule has 0 fully saturated rings. The largest absolute Gasteiger partial charge is 0.479 e. The molecule has 0 atom stereocenters. The molecule has 4 aromatic rings. The summed E-state index contributed by atoms with van der Waals surface area (Å²) >= 11 is 0. The highest BCUT2D eigenvalue weighted by molar-refractivity contribution is 7.92. The minimum absolute atomic E-state index is 0.0453. The van der Waals surface area contributed by atoms with E-state index in [0.29, 0.717) is 11.4 Å². The Hall–Kier alpha value is -4.20. The van der Waals surface area contributed by atoms with Crippen LogP contribution in [0.1, 0.15) is 5.82 Å². The van der Waals surface area contributed by atoms with E-state index in [-0.39, 0.29) is 41.4 Å². The molecule has 4 rings (SSSR count). The Kier molecular flexibility index (Phi) is 6.58. The zero-order chi connectivity index (χ0) is 24.1. The Morgan fingerprint density at radius 1 is 0.971 bits per heavy atom. The molecule has 1 aromatic carbocycles. The Balaban J connectivity index is 1.75. The molecule has 3 aromatic heterocycles. The summed E-state index contributed by atoms with van der Waals surface area (Å²) in [5.41, 5.74) is 0.851. The van der Waals surface area contributed by atoms with Crippen LogP contribution in [0.3, 0.4) is 0 Å². The van der Waals surface area contributed by atoms with Crippen LogP contribution in [0, 0.1) is 5.82 Å². The molecular weight excluding hydrogens is 467 g/mol. The quantitative estimate of drug-likeness (QED) is 0.370. The Morgan fingerprint density at radius 3 is 2.24 bits per heavy atom. The van der Waals surface area contributed by atoms with Gasteiger partial charge in [0.15, 0.2) is 17.3 Å². The van der Waals surface area contributed by atoms with Gasteiger partial charge >= 0.3 is 0 Å². The van der Waals surface area contributed by atoms with Crippen molar-refractivity contribution in [3.8, 4) is 28.8 Å². The van der Waals surface area contributed by atoms with E-state index in [1.54, 1.807) is 24.3 Å². The van der Waals surface area contributed by atoms with E-state index >= 15 is 0 Å². The van der Waals surface area contributed by atoms with Gasteiger partial charge in [-0.1, -0.05) is 30.3 Å². The number of methoxy groups -OCH3 is 2. The van der Waals surface area contributed by atoms with Crippen LogP contribution in [0.2, 0.25) is 0 Å². The molecule has 176 valence electrons. The number of ether oxygens (including phenoxy) is 2. The molecule has 0 saturated heterocycles. The molecule has 3 heterocycles. The third kappa shape index (κ3) is 4.91. The SMILES string of the molecule is COc1ncnc(OC)c1-n1c(NS(=O)(=O)CCc2ncc(F)cn2)nnc1-c1ccccc1. The fourth-order valence-electron chi connectivity index (χ4n) is 3.06. The Bertz CT molecular complexity index is 1360. The Labute approximate surface area is 193 Å². The number of aromatic nitrogens is 7. The minimum Gasteiger partial charge on any atom is -0.479 e. The van der Waals surface area contributed by atoms with E-state index < -0.39 is 15.8 Å². The first-order chi connectivity index (χ1) is 16.4. The summed E-state index contributed by atoms with van der Waals surface area (Å²) in [6.07, 6.45) is 3.15. The summed E-state index contributed by atoms with van der Waals surface area (Å²) in [7, 11) is -1.14. The maximum Gasteiger partial charge on any atom is 0.245 e. The third-order valence-electron chi connectivity index (χ3n) is 4.58. The van der Waals surface area contributed by atoms with Gasteiger partial charge < -0.3 is 9.47 Å². The number of anilines is 1. The van der Waals surface area contributed by atoms with Crippen molar-refractivity contribution in [2.24, 2.45) is 0 Å². The molecule has 12 nitrogen and oxygen atoms in total. The van der Waals surface area contributed by atoms with Crippen molar-refractivity contribution in [3.63, 3.8) is 0 Å². The summed E-state index contributed by atoms with van der Waals surface area (Å²) in [4.78, 5) is 15.8. The van der Waals surface area contributed by atoms with E-state index in [1.807, 2.05) is 6.07 Å². The van der Waals surface area contributed by atoms with Crippen molar-refractivity contribution >= 4 is 16.0 Å². The van der Waals surface area contributed by atoms with Gasteiger partial charge in [0.2, 0.25) is 27.7 Å². The van der Waals surface area contributed by atoms with Crippen molar-refractivity contribution in [1.82, 2.24) is 34.7 Å².